The number of aromatic nitrogens is 3. The number of H-pyrrole nitrogens is 1. The molecule has 1 aromatic carbocycles. The van der Waals surface area contributed by atoms with E-state index in [1.54, 1.807) is 24.3 Å². The van der Waals surface area contributed by atoms with Gasteiger partial charge in [-0.2, -0.15) is 5.10 Å². The third kappa shape index (κ3) is 4.00. The number of carbonyl (C=O) groups is 1. The van der Waals surface area contributed by atoms with Gasteiger partial charge < -0.3 is 14.6 Å². The van der Waals surface area contributed by atoms with E-state index in [2.05, 4.69) is 20.7 Å². The van der Waals surface area contributed by atoms with Crippen LogP contribution in [0.5, 0.6) is 0 Å². The lowest BCUT2D eigenvalue weighted by molar-refractivity contribution is -0.137. The van der Waals surface area contributed by atoms with Crippen molar-refractivity contribution in [2.75, 3.05) is 13.2 Å². The van der Waals surface area contributed by atoms with Crippen LogP contribution >= 0.6 is 0 Å². The van der Waals surface area contributed by atoms with E-state index in [1.807, 2.05) is 13.8 Å². The average molecular weight is 412 g/mol. The molecule has 1 aliphatic rings. The molecule has 8 heteroatoms. The van der Waals surface area contributed by atoms with Crippen LogP contribution in [0.1, 0.15) is 35.6 Å². The van der Waals surface area contributed by atoms with E-state index in [1.165, 1.54) is 6.07 Å². The number of ether oxygens (including phenoxy) is 1. The Morgan fingerprint density at radius 2 is 2.03 bits per heavy atom. The van der Waals surface area contributed by atoms with Gasteiger partial charge in [0, 0.05) is 49.1 Å². The van der Waals surface area contributed by atoms with Crippen molar-refractivity contribution >= 4 is 5.91 Å². The second kappa shape index (κ2) is 8.39. The van der Waals surface area contributed by atoms with Crippen molar-refractivity contribution in [2.45, 2.75) is 39.7 Å². The Hall–Kier alpha value is -3.00. The molecule has 0 unspecified atom stereocenters. The molecule has 30 heavy (non-hydrogen) atoms. The van der Waals surface area contributed by atoms with Gasteiger partial charge >= 0.3 is 0 Å². The molecule has 0 radical (unpaired) electrons. The van der Waals surface area contributed by atoms with Crippen LogP contribution in [-0.2, 0) is 22.5 Å². The molecule has 1 amide bonds. The minimum Gasteiger partial charge on any atom is -0.381 e. The Morgan fingerprint density at radius 1 is 1.27 bits per heavy atom. The number of hydrogen-bond acceptors (Lipinski definition) is 5. The van der Waals surface area contributed by atoms with Gasteiger partial charge in [-0.05, 0) is 38.8 Å². The van der Waals surface area contributed by atoms with Gasteiger partial charge in [0.2, 0.25) is 5.91 Å². The zero-order valence-electron chi connectivity index (χ0n) is 17.1. The quantitative estimate of drug-likeness (QED) is 0.647. The van der Waals surface area contributed by atoms with Crippen LogP contribution in [-0.4, -0.2) is 34.5 Å². The molecule has 7 nitrogen and oxygen atoms in total. The Kier molecular flexibility index (Phi) is 5.67. The molecule has 3 heterocycles. The van der Waals surface area contributed by atoms with Gasteiger partial charge in [-0.3, -0.25) is 9.89 Å². The average Bonchev–Trinajstić information content (AvgIpc) is 3.33. The van der Waals surface area contributed by atoms with Gasteiger partial charge in [0.15, 0.2) is 0 Å². The smallest absolute Gasteiger partial charge is 0.227 e. The number of nitrogens with zero attached hydrogens (tertiary/aromatic N) is 2. The largest absolute Gasteiger partial charge is 0.381 e. The first-order valence-corrected chi connectivity index (χ1v) is 10.1. The van der Waals surface area contributed by atoms with Crippen molar-refractivity contribution in [3.05, 3.63) is 58.9 Å². The zero-order chi connectivity index (χ0) is 21.1. The minimum atomic E-state index is -0.657. The van der Waals surface area contributed by atoms with Crippen LogP contribution in [0, 0.1) is 25.1 Å². The maximum absolute atomic E-state index is 14.1. The maximum Gasteiger partial charge on any atom is 0.227 e. The number of aromatic amines is 1. The minimum absolute atomic E-state index is 0.0466. The molecule has 1 fully saturated rings. The van der Waals surface area contributed by atoms with Crippen LogP contribution in [0.25, 0.3) is 11.3 Å². The highest BCUT2D eigenvalue weighted by Crippen LogP contribution is 2.36. The summed E-state index contributed by atoms with van der Waals surface area (Å²) in [7, 11) is 0. The van der Waals surface area contributed by atoms with Crippen molar-refractivity contribution in [3.63, 3.8) is 0 Å². The maximum atomic E-state index is 14.1. The van der Waals surface area contributed by atoms with Gasteiger partial charge in [0.1, 0.15) is 17.3 Å². The molecule has 4 rings (SSSR count). The highest BCUT2D eigenvalue weighted by Gasteiger charge is 2.41. The van der Waals surface area contributed by atoms with Crippen LogP contribution in [0.4, 0.5) is 4.39 Å². The van der Waals surface area contributed by atoms with Crippen LogP contribution in [0.15, 0.2) is 34.9 Å². The first kappa shape index (κ1) is 20.3. The molecule has 158 valence electrons. The molecule has 3 aromatic rings. The number of aryl methyl sites for hydroxylation is 2. The summed E-state index contributed by atoms with van der Waals surface area (Å²) in [5, 5.41) is 14.2. The van der Waals surface area contributed by atoms with E-state index >= 15 is 0 Å². The summed E-state index contributed by atoms with van der Waals surface area (Å²) in [6, 6.07) is 8.14. The van der Waals surface area contributed by atoms with E-state index < -0.39 is 5.41 Å². The number of carbonyl (C=O) groups excluding carboxylic acids is 1. The van der Waals surface area contributed by atoms with Gasteiger partial charge in [-0.1, -0.05) is 17.3 Å². The van der Waals surface area contributed by atoms with Crippen molar-refractivity contribution in [1.82, 2.24) is 20.7 Å². The normalized spacial score (nSPS) is 15.8. The summed E-state index contributed by atoms with van der Waals surface area (Å²) in [5.41, 5.74) is 2.96. The van der Waals surface area contributed by atoms with Crippen molar-refractivity contribution < 1.29 is 18.4 Å². The molecule has 2 N–H and O–H groups in total. The number of benzene rings is 1. The number of amides is 1. The van der Waals surface area contributed by atoms with Crippen LogP contribution in [0.2, 0.25) is 0 Å². The molecule has 1 saturated heterocycles. The monoisotopic (exact) mass is 412 g/mol. The Bertz CT molecular complexity index is 1020. The lowest BCUT2D eigenvalue weighted by Gasteiger charge is -2.35. The van der Waals surface area contributed by atoms with Crippen LogP contribution < -0.4 is 5.32 Å². The Morgan fingerprint density at radius 3 is 2.73 bits per heavy atom. The van der Waals surface area contributed by atoms with Gasteiger partial charge in [0.25, 0.3) is 0 Å². The summed E-state index contributed by atoms with van der Waals surface area (Å²) in [5.74, 6) is 0.150. The summed E-state index contributed by atoms with van der Waals surface area (Å²) in [6.07, 6.45) is 1.54. The van der Waals surface area contributed by atoms with Crippen molar-refractivity contribution in [1.29, 1.82) is 0 Å². The fraction of sp³-hybridized carbons (Fsp3) is 0.409. The molecule has 0 spiro atoms. The second-order valence-corrected chi connectivity index (χ2v) is 7.82. The first-order chi connectivity index (χ1) is 14.5. The van der Waals surface area contributed by atoms with E-state index in [9.17, 15) is 9.18 Å². The summed E-state index contributed by atoms with van der Waals surface area (Å²) >= 11 is 0. The third-order valence-corrected chi connectivity index (χ3v) is 5.86. The Labute approximate surface area is 174 Å². The molecule has 0 aliphatic carbocycles. The predicted molar refractivity (Wildman–Crippen MR) is 108 cm³/mol. The molecule has 2 aromatic heterocycles. The third-order valence-electron chi connectivity index (χ3n) is 5.86. The van der Waals surface area contributed by atoms with Crippen molar-refractivity contribution in [2.24, 2.45) is 5.41 Å². The highest BCUT2D eigenvalue weighted by atomic mass is 19.1. The summed E-state index contributed by atoms with van der Waals surface area (Å²) in [4.78, 5) is 13.3. The molecular weight excluding hydrogens is 387 g/mol. The number of hydrogen-bond donors (Lipinski definition) is 2. The second-order valence-electron chi connectivity index (χ2n) is 7.82. The molecule has 0 saturated carbocycles. The van der Waals surface area contributed by atoms with E-state index in [4.69, 9.17) is 9.26 Å². The standard InChI is InChI=1S/C22H25FN4O3/c1-14-18(15(2)26-25-14)13-24-21(28)22(7-9-29-10-8-22)12-16-11-20(27-30-16)17-5-3-4-6-19(17)23/h3-6,11H,7-10,12-13H2,1-2H3,(H,24,28)(H,25,26). The van der Waals surface area contributed by atoms with Crippen molar-refractivity contribution in [3.8, 4) is 11.3 Å². The zero-order valence-corrected chi connectivity index (χ0v) is 17.1. The number of nitrogens with one attached hydrogen (secondary N) is 2. The van der Waals surface area contributed by atoms with Gasteiger partial charge in [-0.15, -0.1) is 0 Å². The first-order valence-electron chi connectivity index (χ1n) is 10.1. The molecule has 0 bridgehead atoms. The fourth-order valence-corrected chi connectivity index (χ4v) is 3.96. The van der Waals surface area contributed by atoms with E-state index in [0.29, 0.717) is 56.0 Å². The van der Waals surface area contributed by atoms with Crippen LogP contribution in [0.3, 0.4) is 0 Å². The molecule has 0 atom stereocenters. The van der Waals surface area contributed by atoms with Gasteiger partial charge in [0.05, 0.1) is 11.1 Å². The fourth-order valence-electron chi connectivity index (χ4n) is 3.96. The number of rotatable bonds is 6. The van der Waals surface area contributed by atoms with E-state index in [-0.39, 0.29) is 11.7 Å². The Balaban J connectivity index is 1.52. The SMILES string of the molecule is Cc1n[nH]c(C)c1CNC(=O)C1(Cc2cc(-c3ccccc3F)no2)CCOCC1. The number of halogens is 1. The highest BCUT2D eigenvalue weighted by molar-refractivity contribution is 5.83. The summed E-state index contributed by atoms with van der Waals surface area (Å²) in [6.45, 7) is 5.27. The van der Waals surface area contributed by atoms with Gasteiger partial charge in [-0.25, -0.2) is 4.39 Å². The molecular formula is C22H25FN4O3. The molecule has 1 aliphatic heterocycles. The van der Waals surface area contributed by atoms with E-state index in [0.717, 1.165) is 17.0 Å². The summed E-state index contributed by atoms with van der Waals surface area (Å²) < 4.78 is 25.1. The lowest BCUT2D eigenvalue weighted by atomic mass is 9.75. The lowest BCUT2D eigenvalue weighted by Crippen LogP contribution is -2.46. The topological polar surface area (TPSA) is 93.0 Å². The predicted octanol–water partition coefficient (Wildman–Crippen LogP) is 3.48.